The molecule has 0 radical (unpaired) electrons. The topological polar surface area (TPSA) is 60.0 Å². The van der Waals surface area contributed by atoms with Gasteiger partial charge in [-0.3, -0.25) is 4.90 Å². The van der Waals surface area contributed by atoms with Crippen molar-refractivity contribution in [3.8, 4) is 28.5 Å². The van der Waals surface area contributed by atoms with Gasteiger partial charge >= 0.3 is 0 Å². The minimum atomic E-state index is 0.520. The summed E-state index contributed by atoms with van der Waals surface area (Å²) in [6.07, 6.45) is 0. The molecule has 14 aromatic rings. The minimum Gasteiger partial charge on any atom is -0.456 e. The van der Waals surface area contributed by atoms with E-state index in [2.05, 4.69) is 191 Å². The summed E-state index contributed by atoms with van der Waals surface area (Å²) >= 11 is 3.62. The van der Waals surface area contributed by atoms with Crippen LogP contribution in [0.4, 0.5) is 17.3 Å². The number of rotatable bonds is 6. The van der Waals surface area contributed by atoms with Crippen molar-refractivity contribution in [3.05, 3.63) is 200 Å². The Bertz CT molecular complexity index is 4110. The van der Waals surface area contributed by atoms with Crippen LogP contribution in [0.1, 0.15) is 0 Å². The molecule has 0 aliphatic carbocycles. The maximum absolute atomic E-state index is 6.32. The fourth-order valence-corrected chi connectivity index (χ4v) is 12.1. The second-order valence-electron chi connectivity index (χ2n) is 16.3. The van der Waals surface area contributed by atoms with Crippen molar-refractivity contribution in [2.45, 2.75) is 0 Å². The molecule has 5 aromatic heterocycles. The fraction of sp³-hybridized carbons (Fsp3) is 0. The van der Waals surface area contributed by atoms with Crippen molar-refractivity contribution in [2.75, 3.05) is 4.90 Å². The molecule has 0 atom stereocenters. The van der Waals surface area contributed by atoms with E-state index >= 15 is 0 Å². The first-order chi connectivity index (χ1) is 32.2. The normalized spacial score (nSPS) is 12.0. The summed E-state index contributed by atoms with van der Waals surface area (Å²) in [5, 5.41) is 9.04. The molecular weight excluding hydrogens is 835 g/mol. The highest BCUT2D eigenvalue weighted by Gasteiger charge is 2.27. The lowest BCUT2D eigenvalue weighted by Gasteiger charge is -2.26. The second-order valence-corrected chi connectivity index (χ2v) is 18.5. The van der Waals surface area contributed by atoms with E-state index in [0.717, 1.165) is 82.7 Å². The Balaban J connectivity index is 1.12. The summed E-state index contributed by atoms with van der Waals surface area (Å²) in [5.41, 5.74) is 8.63. The Hall–Kier alpha value is -8.17. The summed E-state index contributed by atoms with van der Waals surface area (Å²) in [5.74, 6) is 1.65. The molecule has 0 amide bonds. The molecular formula is C57H33N5OS2. The monoisotopic (exact) mass is 867 g/mol. The fourth-order valence-electron chi connectivity index (χ4n) is 9.85. The van der Waals surface area contributed by atoms with Crippen LogP contribution in [-0.2, 0) is 0 Å². The van der Waals surface area contributed by atoms with Crippen LogP contribution in [0.3, 0.4) is 0 Å². The van der Waals surface area contributed by atoms with Gasteiger partial charge in [0.2, 0.25) is 5.95 Å². The summed E-state index contributed by atoms with van der Waals surface area (Å²) in [6.45, 7) is 0. The van der Waals surface area contributed by atoms with Gasteiger partial charge in [-0.25, -0.2) is 4.98 Å². The van der Waals surface area contributed by atoms with Crippen LogP contribution in [0.2, 0.25) is 0 Å². The molecule has 304 valence electrons. The Kier molecular flexibility index (Phi) is 7.92. The number of benzene rings is 9. The maximum Gasteiger partial charge on any atom is 0.238 e. The van der Waals surface area contributed by atoms with E-state index in [0.29, 0.717) is 17.6 Å². The largest absolute Gasteiger partial charge is 0.456 e. The Morgan fingerprint density at radius 2 is 0.985 bits per heavy atom. The second kappa shape index (κ2) is 14.2. The van der Waals surface area contributed by atoms with E-state index in [9.17, 15) is 0 Å². The summed E-state index contributed by atoms with van der Waals surface area (Å²) in [4.78, 5) is 19.0. The van der Waals surface area contributed by atoms with Crippen LogP contribution in [0.15, 0.2) is 205 Å². The van der Waals surface area contributed by atoms with Crippen molar-refractivity contribution < 1.29 is 4.42 Å². The van der Waals surface area contributed by atoms with Crippen LogP contribution < -0.4 is 4.90 Å². The molecule has 5 heterocycles. The molecule has 8 heteroatoms. The van der Waals surface area contributed by atoms with Gasteiger partial charge in [0.15, 0.2) is 11.6 Å². The van der Waals surface area contributed by atoms with E-state index in [1.54, 1.807) is 0 Å². The minimum absolute atomic E-state index is 0.520. The van der Waals surface area contributed by atoms with E-state index < -0.39 is 0 Å². The molecule has 14 rings (SSSR count). The number of furan rings is 1. The highest BCUT2D eigenvalue weighted by Crippen LogP contribution is 2.49. The zero-order valence-electron chi connectivity index (χ0n) is 34.5. The van der Waals surface area contributed by atoms with Crippen LogP contribution in [0.25, 0.3) is 113 Å². The summed E-state index contributed by atoms with van der Waals surface area (Å²) in [6, 6.07) is 70.7. The molecule has 0 unspecified atom stereocenters. The standard InChI is InChI=1S/C57H33N5OS2/c1-2-15-35(16-3-1)61-43-23-8-4-17-36(43)38-21-12-22-41(54(38)61)56-58-55(34-31-32-47-42(33-34)37-18-5-9-26-46(37)63-47)59-57(60-56)62(44-24-13-29-50-52(44)39-19-6-10-27-48(39)64-50)45-25-14-30-51-53(45)40-20-7-11-28-49(40)65-51/h1-33H. The first-order valence-electron chi connectivity index (χ1n) is 21.6. The Morgan fingerprint density at radius 3 is 1.72 bits per heavy atom. The molecule has 0 bridgehead atoms. The molecule has 65 heavy (non-hydrogen) atoms. The third-order valence-corrected chi connectivity index (χ3v) is 14.9. The first-order valence-corrected chi connectivity index (χ1v) is 23.2. The van der Waals surface area contributed by atoms with Crippen molar-refractivity contribution >= 4 is 124 Å². The van der Waals surface area contributed by atoms with E-state index in [1.165, 1.54) is 29.6 Å². The molecule has 6 nitrogen and oxygen atoms in total. The van der Waals surface area contributed by atoms with Gasteiger partial charge in [-0.15, -0.1) is 22.7 Å². The average molecular weight is 868 g/mol. The number of anilines is 3. The summed E-state index contributed by atoms with van der Waals surface area (Å²) < 4.78 is 13.5. The molecule has 0 saturated carbocycles. The van der Waals surface area contributed by atoms with Gasteiger partial charge in [-0.1, -0.05) is 115 Å². The van der Waals surface area contributed by atoms with Gasteiger partial charge < -0.3 is 8.98 Å². The smallest absolute Gasteiger partial charge is 0.238 e. The molecule has 0 aliphatic heterocycles. The first kappa shape index (κ1) is 36.3. The van der Waals surface area contributed by atoms with Gasteiger partial charge in [0.1, 0.15) is 11.2 Å². The summed E-state index contributed by atoms with van der Waals surface area (Å²) in [7, 11) is 0. The zero-order valence-corrected chi connectivity index (χ0v) is 36.1. The SMILES string of the molecule is c1ccc(-n2c3ccccc3c3cccc(-c4nc(-c5ccc6oc7ccccc7c6c5)nc(N(c5cccc6sc7ccccc7c56)c5cccc6sc7ccccc7c56)n4)c32)cc1. The molecule has 9 aromatic carbocycles. The van der Waals surface area contributed by atoms with Crippen LogP contribution >= 0.6 is 22.7 Å². The van der Waals surface area contributed by atoms with E-state index in [4.69, 9.17) is 19.4 Å². The van der Waals surface area contributed by atoms with Crippen LogP contribution in [-0.4, -0.2) is 19.5 Å². The average Bonchev–Trinajstić information content (AvgIpc) is 4.13. The number of nitrogens with zero attached hydrogens (tertiary/aromatic N) is 5. The molecule has 0 fully saturated rings. The lowest BCUT2D eigenvalue weighted by molar-refractivity contribution is 0.669. The van der Waals surface area contributed by atoms with Crippen LogP contribution in [0.5, 0.6) is 0 Å². The highest BCUT2D eigenvalue weighted by molar-refractivity contribution is 7.26. The molecule has 0 aliphatic rings. The van der Waals surface area contributed by atoms with Crippen LogP contribution in [0, 0.1) is 0 Å². The van der Waals surface area contributed by atoms with E-state index in [1.807, 2.05) is 40.9 Å². The van der Waals surface area contributed by atoms with Crippen molar-refractivity contribution in [1.29, 1.82) is 0 Å². The van der Waals surface area contributed by atoms with Crippen molar-refractivity contribution in [1.82, 2.24) is 19.5 Å². The number of para-hydroxylation sites is 4. The predicted octanol–water partition coefficient (Wildman–Crippen LogP) is 16.4. The molecule has 0 spiro atoms. The molecule has 0 saturated heterocycles. The number of hydrogen-bond donors (Lipinski definition) is 0. The Morgan fingerprint density at radius 1 is 0.415 bits per heavy atom. The lowest BCUT2D eigenvalue weighted by Crippen LogP contribution is -2.16. The van der Waals surface area contributed by atoms with E-state index in [-0.39, 0.29) is 0 Å². The number of hydrogen-bond acceptors (Lipinski definition) is 7. The van der Waals surface area contributed by atoms with Gasteiger partial charge in [0.05, 0.1) is 22.4 Å². The maximum atomic E-state index is 6.32. The van der Waals surface area contributed by atoms with Gasteiger partial charge in [0, 0.05) is 78.7 Å². The predicted molar refractivity (Wildman–Crippen MR) is 273 cm³/mol. The highest BCUT2D eigenvalue weighted by atomic mass is 32.1. The lowest BCUT2D eigenvalue weighted by atomic mass is 10.1. The number of thiophene rings is 2. The van der Waals surface area contributed by atoms with Crippen molar-refractivity contribution in [2.24, 2.45) is 0 Å². The van der Waals surface area contributed by atoms with Crippen molar-refractivity contribution in [3.63, 3.8) is 0 Å². The van der Waals surface area contributed by atoms with Gasteiger partial charge in [0.25, 0.3) is 0 Å². The number of fused-ring (bicyclic) bond motifs is 12. The molecule has 0 N–H and O–H groups in total. The zero-order chi connectivity index (χ0) is 42.6. The Labute approximate surface area is 379 Å². The van der Waals surface area contributed by atoms with Gasteiger partial charge in [-0.2, -0.15) is 9.97 Å². The van der Waals surface area contributed by atoms with Gasteiger partial charge in [-0.05, 0) is 84.9 Å². The quantitative estimate of drug-likeness (QED) is 0.167. The third kappa shape index (κ3) is 5.54. The number of aromatic nitrogens is 4. The third-order valence-electron chi connectivity index (χ3n) is 12.7.